The molecule has 0 aliphatic heterocycles. The molecule has 0 nitrogen and oxygen atoms in total. The van der Waals surface area contributed by atoms with Crippen LogP contribution in [0.4, 0.5) is 0 Å². The first-order valence-corrected chi connectivity index (χ1v) is 8.03. The molecule has 0 aromatic heterocycles. The molecular formula is C18H28. The summed E-state index contributed by atoms with van der Waals surface area (Å²) in [6, 6.07) is 0. The molecule has 0 aromatic rings. The van der Waals surface area contributed by atoms with Gasteiger partial charge in [-0.1, -0.05) is 50.0 Å². The van der Waals surface area contributed by atoms with Crippen LogP contribution in [0.2, 0.25) is 0 Å². The van der Waals surface area contributed by atoms with E-state index in [9.17, 15) is 0 Å². The second-order valence-electron chi connectivity index (χ2n) is 5.74. The fourth-order valence-electron chi connectivity index (χ4n) is 2.99. The highest BCUT2D eigenvalue weighted by atomic mass is 14.1. The highest BCUT2D eigenvalue weighted by molar-refractivity contribution is 5.39. The molecule has 0 atom stereocenters. The van der Waals surface area contributed by atoms with E-state index in [1.165, 1.54) is 77.0 Å². The number of hydrogen-bond donors (Lipinski definition) is 0. The standard InChI is InChI=1S/C18H28/c1-2-6-10-14-17(13-9-5-1)18-15-11-7-3-4-8-12-16-18/h9,13-15H,1-8,10-12,16H2. The van der Waals surface area contributed by atoms with Crippen molar-refractivity contribution in [1.29, 1.82) is 0 Å². The van der Waals surface area contributed by atoms with E-state index in [1.807, 2.05) is 0 Å². The Morgan fingerprint density at radius 3 is 2.22 bits per heavy atom. The zero-order valence-corrected chi connectivity index (χ0v) is 11.8. The van der Waals surface area contributed by atoms with Crippen LogP contribution >= 0.6 is 0 Å². The number of allylic oxidation sites excluding steroid dienone is 6. The van der Waals surface area contributed by atoms with Gasteiger partial charge in [0.25, 0.3) is 0 Å². The van der Waals surface area contributed by atoms with Crippen molar-refractivity contribution in [3.05, 3.63) is 35.5 Å². The molecule has 18 heavy (non-hydrogen) atoms. The summed E-state index contributed by atoms with van der Waals surface area (Å²) >= 11 is 0. The molecule has 0 heteroatoms. The molecule has 2 aliphatic rings. The lowest BCUT2D eigenvalue weighted by atomic mass is 9.97. The molecule has 0 spiro atoms. The van der Waals surface area contributed by atoms with E-state index in [0.717, 1.165) is 0 Å². The molecule has 0 fully saturated rings. The van der Waals surface area contributed by atoms with Crippen molar-refractivity contribution >= 4 is 0 Å². The van der Waals surface area contributed by atoms with Gasteiger partial charge in [-0.2, -0.15) is 0 Å². The first-order valence-electron chi connectivity index (χ1n) is 8.03. The monoisotopic (exact) mass is 244 g/mol. The van der Waals surface area contributed by atoms with Gasteiger partial charge in [-0.3, -0.25) is 0 Å². The van der Waals surface area contributed by atoms with Gasteiger partial charge < -0.3 is 0 Å². The first kappa shape index (κ1) is 13.6. The second-order valence-corrected chi connectivity index (χ2v) is 5.74. The van der Waals surface area contributed by atoms with Gasteiger partial charge >= 0.3 is 0 Å². The minimum atomic E-state index is 1.27. The van der Waals surface area contributed by atoms with Crippen molar-refractivity contribution in [1.82, 2.24) is 0 Å². The molecule has 0 saturated carbocycles. The Morgan fingerprint density at radius 1 is 0.611 bits per heavy atom. The van der Waals surface area contributed by atoms with Gasteiger partial charge in [-0.25, -0.2) is 0 Å². The Bertz CT molecular complexity index is 317. The average Bonchev–Trinajstić information content (AvgIpc) is 2.61. The Hall–Kier alpha value is -0.780. The first-order chi connectivity index (χ1) is 8.97. The van der Waals surface area contributed by atoms with Crippen LogP contribution in [0.1, 0.15) is 77.0 Å². The van der Waals surface area contributed by atoms with Crippen LogP contribution in [0.25, 0.3) is 0 Å². The third kappa shape index (κ3) is 4.84. The molecule has 0 radical (unpaired) electrons. The van der Waals surface area contributed by atoms with Gasteiger partial charge in [0, 0.05) is 0 Å². The van der Waals surface area contributed by atoms with Crippen molar-refractivity contribution in [3.63, 3.8) is 0 Å². The van der Waals surface area contributed by atoms with Crippen LogP contribution in [-0.4, -0.2) is 0 Å². The summed E-state index contributed by atoms with van der Waals surface area (Å²) in [6.07, 6.45) is 26.2. The summed E-state index contributed by atoms with van der Waals surface area (Å²) in [5.74, 6) is 0. The van der Waals surface area contributed by atoms with Crippen LogP contribution in [0.15, 0.2) is 35.5 Å². The highest BCUT2D eigenvalue weighted by Crippen LogP contribution is 2.25. The molecular weight excluding hydrogens is 216 g/mol. The Morgan fingerprint density at radius 2 is 1.28 bits per heavy atom. The maximum atomic E-state index is 2.53. The molecule has 0 amide bonds. The lowest BCUT2D eigenvalue weighted by Gasteiger charge is -2.08. The molecule has 100 valence electrons. The molecule has 0 bridgehead atoms. The van der Waals surface area contributed by atoms with E-state index in [-0.39, 0.29) is 0 Å². The summed E-state index contributed by atoms with van der Waals surface area (Å²) in [5, 5.41) is 0. The molecule has 0 heterocycles. The van der Waals surface area contributed by atoms with Crippen LogP contribution in [0.3, 0.4) is 0 Å². The summed E-state index contributed by atoms with van der Waals surface area (Å²) < 4.78 is 0. The van der Waals surface area contributed by atoms with Gasteiger partial charge in [-0.05, 0) is 62.5 Å². The van der Waals surface area contributed by atoms with Crippen LogP contribution < -0.4 is 0 Å². The number of hydrogen-bond acceptors (Lipinski definition) is 0. The van der Waals surface area contributed by atoms with Gasteiger partial charge in [-0.15, -0.1) is 0 Å². The van der Waals surface area contributed by atoms with Crippen molar-refractivity contribution < 1.29 is 0 Å². The van der Waals surface area contributed by atoms with E-state index in [0.29, 0.717) is 0 Å². The van der Waals surface area contributed by atoms with Crippen molar-refractivity contribution in [2.24, 2.45) is 0 Å². The second kappa shape index (κ2) is 8.34. The molecule has 0 aromatic carbocycles. The predicted octanol–water partition coefficient (Wildman–Crippen LogP) is 6.10. The van der Waals surface area contributed by atoms with E-state index in [1.54, 1.807) is 11.1 Å². The Labute approximate surface area is 113 Å². The van der Waals surface area contributed by atoms with Crippen LogP contribution in [0, 0.1) is 0 Å². The van der Waals surface area contributed by atoms with Crippen LogP contribution in [-0.2, 0) is 0 Å². The SMILES string of the molecule is C1=CC(C2=CCCCCCCC2)=CCCCCC1. The summed E-state index contributed by atoms with van der Waals surface area (Å²) in [5.41, 5.74) is 3.17. The summed E-state index contributed by atoms with van der Waals surface area (Å²) in [6.45, 7) is 0. The van der Waals surface area contributed by atoms with Gasteiger partial charge in [0.2, 0.25) is 0 Å². The van der Waals surface area contributed by atoms with Crippen molar-refractivity contribution in [2.75, 3.05) is 0 Å². The van der Waals surface area contributed by atoms with Gasteiger partial charge in [0.1, 0.15) is 0 Å². The molecule has 0 unspecified atom stereocenters. The Kier molecular flexibility index (Phi) is 6.33. The van der Waals surface area contributed by atoms with Gasteiger partial charge in [0.05, 0.1) is 0 Å². The molecule has 0 saturated heterocycles. The van der Waals surface area contributed by atoms with E-state index in [2.05, 4.69) is 24.3 Å². The maximum absolute atomic E-state index is 2.53. The predicted molar refractivity (Wildman–Crippen MR) is 80.7 cm³/mol. The quantitative estimate of drug-likeness (QED) is 0.522. The summed E-state index contributed by atoms with van der Waals surface area (Å²) in [4.78, 5) is 0. The minimum Gasteiger partial charge on any atom is -0.0839 e. The third-order valence-electron chi connectivity index (χ3n) is 4.15. The Balaban J connectivity index is 2.06. The zero-order chi connectivity index (χ0) is 12.5. The summed E-state index contributed by atoms with van der Waals surface area (Å²) in [7, 11) is 0. The minimum absolute atomic E-state index is 1.27. The lowest BCUT2D eigenvalue weighted by Crippen LogP contribution is -1.89. The number of rotatable bonds is 1. The zero-order valence-electron chi connectivity index (χ0n) is 11.8. The fraction of sp³-hybridized carbons (Fsp3) is 0.667. The van der Waals surface area contributed by atoms with E-state index >= 15 is 0 Å². The average molecular weight is 244 g/mol. The highest BCUT2D eigenvalue weighted by Gasteiger charge is 2.05. The van der Waals surface area contributed by atoms with Gasteiger partial charge in [0.15, 0.2) is 0 Å². The lowest BCUT2D eigenvalue weighted by molar-refractivity contribution is 0.630. The smallest absolute Gasteiger partial charge is 0.0271 e. The fourth-order valence-corrected chi connectivity index (χ4v) is 2.99. The molecule has 2 rings (SSSR count). The largest absolute Gasteiger partial charge is 0.0839 e. The molecule has 2 aliphatic carbocycles. The van der Waals surface area contributed by atoms with Crippen LogP contribution in [0.5, 0.6) is 0 Å². The normalized spacial score (nSPS) is 23.6. The topological polar surface area (TPSA) is 0 Å². The van der Waals surface area contributed by atoms with Crippen molar-refractivity contribution in [3.8, 4) is 0 Å². The maximum Gasteiger partial charge on any atom is -0.0271 e. The van der Waals surface area contributed by atoms with Crippen molar-refractivity contribution in [2.45, 2.75) is 77.0 Å². The van der Waals surface area contributed by atoms with E-state index in [4.69, 9.17) is 0 Å². The molecule has 0 N–H and O–H groups in total. The third-order valence-corrected chi connectivity index (χ3v) is 4.15. The van der Waals surface area contributed by atoms with E-state index < -0.39 is 0 Å².